The van der Waals surface area contributed by atoms with Gasteiger partial charge in [0.1, 0.15) is 11.0 Å². The zero-order valence-corrected chi connectivity index (χ0v) is 13.3. The van der Waals surface area contributed by atoms with Crippen molar-refractivity contribution in [3.63, 3.8) is 0 Å². The first-order valence-electron chi connectivity index (χ1n) is 6.84. The number of carbonyl (C=O) groups is 1. The van der Waals surface area contributed by atoms with Crippen LogP contribution in [-0.4, -0.2) is 24.7 Å². The van der Waals surface area contributed by atoms with E-state index in [-0.39, 0.29) is 5.75 Å². The molecule has 1 aromatic carbocycles. The predicted molar refractivity (Wildman–Crippen MR) is 81.6 cm³/mol. The summed E-state index contributed by atoms with van der Waals surface area (Å²) in [7, 11) is -3.64. The largest absolute Gasteiger partial charge is 0.361 e. The van der Waals surface area contributed by atoms with Crippen LogP contribution in [0.3, 0.4) is 0 Å². The lowest BCUT2D eigenvalue weighted by atomic mass is 10.2. The normalized spacial score (nSPS) is 12.8. The number of hydrogen-bond donors (Lipinski definition) is 1. The minimum absolute atomic E-state index is 0.294. The number of aryl methyl sites for hydroxylation is 1. The van der Waals surface area contributed by atoms with Crippen molar-refractivity contribution < 1.29 is 17.7 Å². The molecule has 1 N–H and O–H groups in total. The zero-order chi connectivity index (χ0) is 16.2. The Morgan fingerprint density at radius 1 is 1.32 bits per heavy atom. The lowest BCUT2D eigenvalue weighted by molar-refractivity contribution is -0.120. The van der Waals surface area contributed by atoms with Gasteiger partial charge in [-0.1, -0.05) is 35.5 Å². The number of benzene rings is 1. The fraction of sp³-hybridized carbons (Fsp3) is 0.333. The Bertz CT molecular complexity index is 738. The zero-order valence-electron chi connectivity index (χ0n) is 12.4. The summed E-state index contributed by atoms with van der Waals surface area (Å²) in [5.41, 5.74) is 1.22. The molecular weight excluding hydrogens is 304 g/mol. The number of hydrogen-bond acceptors (Lipinski definition) is 5. The lowest BCUT2D eigenvalue weighted by Gasteiger charge is -2.12. The van der Waals surface area contributed by atoms with Gasteiger partial charge < -0.3 is 9.84 Å². The van der Waals surface area contributed by atoms with E-state index >= 15 is 0 Å². The van der Waals surface area contributed by atoms with E-state index in [0.717, 1.165) is 5.56 Å². The van der Waals surface area contributed by atoms with Crippen LogP contribution < -0.4 is 5.32 Å². The monoisotopic (exact) mass is 322 g/mol. The second-order valence-electron chi connectivity index (χ2n) is 5.08. The molecule has 0 saturated heterocycles. The topological polar surface area (TPSA) is 89.3 Å². The second-order valence-corrected chi connectivity index (χ2v) is 7.40. The minimum Gasteiger partial charge on any atom is -0.361 e. The SMILES string of the molecule is Cc1cc(CS(=O)(=O)C(C)C(=O)NCc2ccccc2)no1. The minimum atomic E-state index is -3.64. The van der Waals surface area contributed by atoms with Gasteiger partial charge in [0.2, 0.25) is 5.91 Å². The number of nitrogens with zero attached hydrogens (tertiary/aromatic N) is 1. The highest BCUT2D eigenvalue weighted by Gasteiger charge is 2.29. The molecular formula is C15H18N2O4S. The van der Waals surface area contributed by atoms with Gasteiger partial charge in [-0.2, -0.15) is 0 Å². The van der Waals surface area contributed by atoms with Crippen LogP contribution in [0.4, 0.5) is 0 Å². The van der Waals surface area contributed by atoms with Crippen LogP contribution in [0.25, 0.3) is 0 Å². The molecule has 1 heterocycles. The first-order valence-corrected chi connectivity index (χ1v) is 8.55. The van der Waals surface area contributed by atoms with E-state index in [9.17, 15) is 13.2 Å². The summed E-state index contributed by atoms with van der Waals surface area (Å²) in [6, 6.07) is 10.9. The number of nitrogens with one attached hydrogen (secondary N) is 1. The van der Waals surface area contributed by atoms with Crippen molar-refractivity contribution >= 4 is 15.7 Å². The fourth-order valence-corrected chi connectivity index (χ4v) is 3.12. The molecule has 0 saturated carbocycles. The van der Waals surface area contributed by atoms with Crippen molar-refractivity contribution in [2.75, 3.05) is 0 Å². The van der Waals surface area contributed by atoms with Crippen molar-refractivity contribution in [2.45, 2.75) is 31.4 Å². The third kappa shape index (κ3) is 4.17. The van der Waals surface area contributed by atoms with Crippen molar-refractivity contribution in [3.05, 3.63) is 53.4 Å². The molecule has 2 aromatic rings. The Morgan fingerprint density at radius 3 is 2.59 bits per heavy atom. The summed E-state index contributed by atoms with van der Waals surface area (Å²) in [5.74, 6) is -0.306. The Labute approximate surface area is 129 Å². The third-order valence-electron chi connectivity index (χ3n) is 3.24. The van der Waals surface area contributed by atoms with Crippen LogP contribution in [-0.2, 0) is 26.9 Å². The van der Waals surface area contributed by atoms with Crippen molar-refractivity contribution in [1.82, 2.24) is 10.5 Å². The van der Waals surface area contributed by atoms with Gasteiger partial charge in [-0.15, -0.1) is 0 Å². The predicted octanol–water partition coefficient (Wildman–Crippen LogP) is 1.60. The Morgan fingerprint density at radius 2 is 2.00 bits per heavy atom. The fourth-order valence-electron chi connectivity index (χ4n) is 1.91. The maximum absolute atomic E-state index is 12.2. The van der Waals surface area contributed by atoms with Crippen molar-refractivity contribution in [3.8, 4) is 0 Å². The smallest absolute Gasteiger partial charge is 0.238 e. The molecule has 0 aliphatic carbocycles. The number of carbonyl (C=O) groups excluding carboxylic acids is 1. The summed E-state index contributed by atoms with van der Waals surface area (Å²) >= 11 is 0. The van der Waals surface area contributed by atoms with E-state index in [1.54, 1.807) is 13.0 Å². The van der Waals surface area contributed by atoms with Crippen LogP contribution in [0.2, 0.25) is 0 Å². The van der Waals surface area contributed by atoms with Gasteiger partial charge in [-0.05, 0) is 19.4 Å². The molecule has 6 nitrogen and oxygen atoms in total. The maximum atomic E-state index is 12.2. The summed E-state index contributed by atoms with van der Waals surface area (Å²) in [4.78, 5) is 12.0. The maximum Gasteiger partial charge on any atom is 0.238 e. The number of sulfone groups is 1. The summed E-state index contributed by atoms with van der Waals surface area (Å²) in [6.07, 6.45) is 0. The highest BCUT2D eigenvalue weighted by molar-refractivity contribution is 7.92. The standard InChI is InChI=1S/C15H18N2O4S/c1-11-8-14(17-21-11)10-22(19,20)12(2)15(18)16-9-13-6-4-3-5-7-13/h3-8,12H,9-10H2,1-2H3,(H,16,18). The van der Waals surface area contributed by atoms with E-state index in [1.807, 2.05) is 30.3 Å². The molecule has 7 heteroatoms. The van der Waals surface area contributed by atoms with E-state index < -0.39 is 21.0 Å². The Hall–Kier alpha value is -2.15. The van der Waals surface area contributed by atoms with E-state index in [4.69, 9.17) is 4.52 Å². The molecule has 1 unspecified atom stereocenters. The summed E-state index contributed by atoms with van der Waals surface area (Å²) < 4.78 is 29.3. The van der Waals surface area contributed by atoms with Crippen LogP contribution >= 0.6 is 0 Å². The highest BCUT2D eigenvalue weighted by Crippen LogP contribution is 2.12. The van der Waals surface area contributed by atoms with E-state index in [0.29, 0.717) is 18.0 Å². The first-order chi connectivity index (χ1) is 10.4. The van der Waals surface area contributed by atoms with Crippen LogP contribution in [0.5, 0.6) is 0 Å². The number of amides is 1. The molecule has 0 bridgehead atoms. The average Bonchev–Trinajstić information content (AvgIpc) is 2.89. The van der Waals surface area contributed by atoms with Crippen molar-refractivity contribution in [2.24, 2.45) is 0 Å². The van der Waals surface area contributed by atoms with Gasteiger partial charge >= 0.3 is 0 Å². The van der Waals surface area contributed by atoms with Crippen molar-refractivity contribution in [1.29, 1.82) is 0 Å². The summed E-state index contributed by atoms with van der Waals surface area (Å²) in [5, 5.41) is 5.14. The number of aromatic nitrogens is 1. The van der Waals surface area contributed by atoms with Crippen LogP contribution in [0, 0.1) is 6.92 Å². The molecule has 0 aliphatic rings. The molecule has 0 aliphatic heterocycles. The van der Waals surface area contributed by atoms with Gasteiger partial charge in [0.15, 0.2) is 9.84 Å². The lowest BCUT2D eigenvalue weighted by Crippen LogP contribution is -2.38. The Balaban J connectivity index is 1.96. The van der Waals surface area contributed by atoms with Crippen LogP contribution in [0.1, 0.15) is 23.9 Å². The van der Waals surface area contributed by atoms with Gasteiger partial charge in [-0.25, -0.2) is 8.42 Å². The molecule has 0 fully saturated rings. The Kier molecular flexibility index (Phi) is 4.97. The molecule has 0 spiro atoms. The molecule has 1 aromatic heterocycles. The molecule has 118 valence electrons. The van der Waals surface area contributed by atoms with E-state index in [2.05, 4.69) is 10.5 Å². The third-order valence-corrected chi connectivity index (χ3v) is 5.23. The molecule has 1 amide bonds. The van der Waals surface area contributed by atoms with E-state index in [1.165, 1.54) is 6.92 Å². The summed E-state index contributed by atoms with van der Waals surface area (Å²) in [6.45, 7) is 3.35. The number of rotatable bonds is 6. The van der Waals surface area contributed by atoms with Crippen LogP contribution in [0.15, 0.2) is 40.9 Å². The molecule has 22 heavy (non-hydrogen) atoms. The quantitative estimate of drug-likeness (QED) is 0.872. The second kappa shape index (κ2) is 6.74. The highest BCUT2D eigenvalue weighted by atomic mass is 32.2. The average molecular weight is 322 g/mol. The van der Waals surface area contributed by atoms with Gasteiger partial charge in [0.05, 0.1) is 11.4 Å². The molecule has 2 rings (SSSR count). The van der Waals surface area contributed by atoms with Gasteiger partial charge in [-0.3, -0.25) is 4.79 Å². The molecule has 0 radical (unpaired) electrons. The van der Waals surface area contributed by atoms with Gasteiger partial charge in [0.25, 0.3) is 0 Å². The van der Waals surface area contributed by atoms with Gasteiger partial charge in [0, 0.05) is 12.6 Å². The molecule has 1 atom stereocenters. The first kappa shape index (κ1) is 16.2.